The van der Waals surface area contributed by atoms with Gasteiger partial charge in [-0.1, -0.05) is 0 Å². The summed E-state index contributed by atoms with van der Waals surface area (Å²) in [6.45, 7) is 0.765. The SMILES string of the molecule is Nc1cncc(-c2ccc3c(c2)CCO3)n1. The Morgan fingerprint density at radius 2 is 2.19 bits per heavy atom. The monoisotopic (exact) mass is 213 g/mol. The molecule has 0 saturated heterocycles. The molecule has 4 nitrogen and oxygen atoms in total. The highest BCUT2D eigenvalue weighted by Gasteiger charge is 2.13. The molecular formula is C12H11N3O. The molecule has 2 N–H and O–H groups in total. The zero-order chi connectivity index (χ0) is 11.0. The molecule has 0 radical (unpaired) electrons. The first-order valence-electron chi connectivity index (χ1n) is 5.16. The van der Waals surface area contributed by atoms with Crippen molar-refractivity contribution in [1.82, 2.24) is 9.97 Å². The molecule has 1 aromatic carbocycles. The summed E-state index contributed by atoms with van der Waals surface area (Å²) in [5, 5.41) is 0. The van der Waals surface area contributed by atoms with E-state index in [1.807, 2.05) is 12.1 Å². The normalized spacial score (nSPS) is 13.2. The summed E-state index contributed by atoms with van der Waals surface area (Å²) < 4.78 is 5.45. The Bertz CT molecular complexity index is 540. The topological polar surface area (TPSA) is 61.0 Å². The van der Waals surface area contributed by atoms with E-state index in [0.717, 1.165) is 30.0 Å². The van der Waals surface area contributed by atoms with Crippen LogP contribution < -0.4 is 10.5 Å². The number of hydrogen-bond acceptors (Lipinski definition) is 4. The van der Waals surface area contributed by atoms with E-state index >= 15 is 0 Å². The van der Waals surface area contributed by atoms with Crippen molar-refractivity contribution in [1.29, 1.82) is 0 Å². The van der Waals surface area contributed by atoms with Crippen LogP contribution in [0.25, 0.3) is 11.3 Å². The van der Waals surface area contributed by atoms with E-state index in [9.17, 15) is 0 Å². The second-order valence-corrected chi connectivity index (χ2v) is 3.75. The van der Waals surface area contributed by atoms with E-state index in [2.05, 4.69) is 16.0 Å². The third kappa shape index (κ3) is 1.48. The number of hydrogen-bond donors (Lipinski definition) is 1. The minimum atomic E-state index is 0.439. The van der Waals surface area contributed by atoms with Gasteiger partial charge < -0.3 is 10.5 Å². The molecule has 3 rings (SSSR count). The summed E-state index contributed by atoms with van der Waals surface area (Å²) in [7, 11) is 0. The van der Waals surface area contributed by atoms with Gasteiger partial charge in [-0.05, 0) is 23.8 Å². The van der Waals surface area contributed by atoms with Crippen molar-refractivity contribution in [3.05, 3.63) is 36.2 Å². The first-order valence-corrected chi connectivity index (χ1v) is 5.16. The molecule has 0 fully saturated rings. The van der Waals surface area contributed by atoms with Gasteiger partial charge in [0.05, 0.1) is 24.7 Å². The van der Waals surface area contributed by atoms with Crippen LogP contribution in [0.3, 0.4) is 0 Å². The average molecular weight is 213 g/mol. The van der Waals surface area contributed by atoms with Crippen LogP contribution in [0, 0.1) is 0 Å². The molecule has 2 aromatic rings. The fourth-order valence-electron chi connectivity index (χ4n) is 1.87. The second-order valence-electron chi connectivity index (χ2n) is 3.75. The number of nitrogens with two attached hydrogens (primary N) is 1. The Morgan fingerprint density at radius 1 is 1.25 bits per heavy atom. The lowest BCUT2D eigenvalue weighted by molar-refractivity contribution is 0.357. The van der Waals surface area contributed by atoms with Gasteiger partial charge in [0.1, 0.15) is 11.6 Å². The smallest absolute Gasteiger partial charge is 0.142 e. The molecule has 2 heterocycles. The van der Waals surface area contributed by atoms with E-state index in [1.165, 1.54) is 5.56 Å². The summed E-state index contributed by atoms with van der Waals surface area (Å²) in [6.07, 6.45) is 4.22. The second kappa shape index (κ2) is 3.48. The van der Waals surface area contributed by atoms with E-state index in [-0.39, 0.29) is 0 Å². The highest BCUT2D eigenvalue weighted by molar-refractivity contribution is 5.62. The van der Waals surface area contributed by atoms with Gasteiger partial charge in [0.25, 0.3) is 0 Å². The van der Waals surface area contributed by atoms with Crippen molar-refractivity contribution in [2.24, 2.45) is 0 Å². The molecule has 16 heavy (non-hydrogen) atoms. The molecule has 0 unspecified atom stereocenters. The number of benzene rings is 1. The Labute approximate surface area is 93.1 Å². The predicted molar refractivity (Wildman–Crippen MR) is 61.1 cm³/mol. The molecule has 1 aliphatic rings. The third-order valence-corrected chi connectivity index (χ3v) is 2.64. The maximum atomic E-state index is 5.61. The van der Waals surface area contributed by atoms with Crippen LogP contribution in [0.2, 0.25) is 0 Å². The summed E-state index contributed by atoms with van der Waals surface area (Å²) in [6, 6.07) is 6.04. The fraction of sp³-hybridized carbons (Fsp3) is 0.167. The van der Waals surface area contributed by atoms with Gasteiger partial charge in [0, 0.05) is 12.0 Å². The molecule has 0 aliphatic carbocycles. The zero-order valence-corrected chi connectivity index (χ0v) is 8.68. The summed E-state index contributed by atoms with van der Waals surface area (Å²) in [5.41, 5.74) is 8.67. The molecule has 0 bridgehead atoms. The molecule has 0 spiro atoms. The fourth-order valence-corrected chi connectivity index (χ4v) is 1.87. The largest absolute Gasteiger partial charge is 0.493 e. The maximum absolute atomic E-state index is 5.61. The third-order valence-electron chi connectivity index (χ3n) is 2.64. The van der Waals surface area contributed by atoms with Crippen LogP contribution >= 0.6 is 0 Å². The lowest BCUT2D eigenvalue weighted by Gasteiger charge is -2.03. The van der Waals surface area contributed by atoms with Crippen molar-refractivity contribution < 1.29 is 4.74 Å². The minimum absolute atomic E-state index is 0.439. The molecule has 0 amide bonds. The average Bonchev–Trinajstić information content (AvgIpc) is 2.75. The lowest BCUT2D eigenvalue weighted by Crippen LogP contribution is -1.93. The standard InChI is InChI=1S/C12H11N3O/c13-12-7-14-6-10(15-12)8-1-2-11-9(5-8)3-4-16-11/h1-2,5-7H,3-4H2,(H2,13,15). The highest BCUT2D eigenvalue weighted by atomic mass is 16.5. The number of nitrogens with zero attached hydrogens (tertiary/aromatic N) is 2. The predicted octanol–water partition coefficient (Wildman–Crippen LogP) is 1.66. The van der Waals surface area contributed by atoms with E-state index < -0.39 is 0 Å². The van der Waals surface area contributed by atoms with Gasteiger partial charge in [0.2, 0.25) is 0 Å². The number of anilines is 1. The van der Waals surface area contributed by atoms with Gasteiger partial charge in [-0.2, -0.15) is 0 Å². The molecule has 80 valence electrons. The van der Waals surface area contributed by atoms with Gasteiger partial charge in [-0.15, -0.1) is 0 Å². The van der Waals surface area contributed by atoms with Gasteiger partial charge in [0.15, 0.2) is 0 Å². The van der Waals surface area contributed by atoms with Crippen LogP contribution in [-0.2, 0) is 6.42 Å². The number of aromatic nitrogens is 2. The number of fused-ring (bicyclic) bond motifs is 1. The first kappa shape index (κ1) is 9.15. The van der Waals surface area contributed by atoms with Crippen LogP contribution in [0.5, 0.6) is 5.75 Å². The Balaban J connectivity index is 2.07. The summed E-state index contributed by atoms with van der Waals surface area (Å²) in [5.74, 6) is 1.41. The van der Waals surface area contributed by atoms with E-state index in [4.69, 9.17) is 10.5 Å². The number of ether oxygens (including phenoxy) is 1. The van der Waals surface area contributed by atoms with E-state index in [0.29, 0.717) is 5.82 Å². The molecular weight excluding hydrogens is 202 g/mol. The Morgan fingerprint density at radius 3 is 3.06 bits per heavy atom. The molecule has 0 atom stereocenters. The van der Waals surface area contributed by atoms with E-state index in [1.54, 1.807) is 12.4 Å². The van der Waals surface area contributed by atoms with Crippen molar-refractivity contribution in [3.63, 3.8) is 0 Å². The zero-order valence-electron chi connectivity index (χ0n) is 8.68. The van der Waals surface area contributed by atoms with Crippen molar-refractivity contribution in [3.8, 4) is 17.0 Å². The summed E-state index contributed by atoms with van der Waals surface area (Å²) >= 11 is 0. The van der Waals surface area contributed by atoms with Crippen molar-refractivity contribution >= 4 is 5.82 Å². The lowest BCUT2D eigenvalue weighted by atomic mass is 10.1. The highest BCUT2D eigenvalue weighted by Crippen LogP contribution is 2.29. The summed E-state index contributed by atoms with van der Waals surface area (Å²) in [4.78, 5) is 8.28. The maximum Gasteiger partial charge on any atom is 0.142 e. The Hall–Kier alpha value is -2.10. The van der Waals surface area contributed by atoms with Crippen LogP contribution in [-0.4, -0.2) is 16.6 Å². The van der Waals surface area contributed by atoms with Gasteiger partial charge in [-0.25, -0.2) is 4.98 Å². The van der Waals surface area contributed by atoms with Crippen LogP contribution in [0.15, 0.2) is 30.6 Å². The molecule has 4 heteroatoms. The van der Waals surface area contributed by atoms with Crippen LogP contribution in [0.4, 0.5) is 5.82 Å². The minimum Gasteiger partial charge on any atom is -0.493 e. The number of nitrogen functional groups attached to an aromatic ring is 1. The molecule has 1 aliphatic heterocycles. The van der Waals surface area contributed by atoms with Crippen molar-refractivity contribution in [2.45, 2.75) is 6.42 Å². The first-order chi connectivity index (χ1) is 7.83. The quantitative estimate of drug-likeness (QED) is 0.782. The van der Waals surface area contributed by atoms with Crippen LogP contribution in [0.1, 0.15) is 5.56 Å². The molecule has 1 aromatic heterocycles. The van der Waals surface area contributed by atoms with Gasteiger partial charge >= 0.3 is 0 Å². The molecule has 0 saturated carbocycles. The number of rotatable bonds is 1. The van der Waals surface area contributed by atoms with Gasteiger partial charge in [-0.3, -0.25) is 4.98 Å². The Kier molecular flexibility index (Phi) is 1.99. The van der Waals surface area contributed by atoms with Crippen molar-refractivity contribution in [2.75, 3.05) is 12.3 Å².